The normalized spacial score (nSPS) is 16.7. The number of benzene rings is 1. The molecule has 2 aromatic heterocycles. The Balaban J connectivity index is 1.49. The van der Waals surface area contributed by atoms with Gasteiger partial charge in [0.2, 0.25) is 10.0 Å². The van der Waals surface area contributed by atoms with E-state index in [9.17, 15) is 8.42 Å². The van der Waals surface area contributed by atoms with Gasteiger partial charge >= 0.3 is 0 Å². The van der Waals surface area contributed by atoms with Crippen LogP contribution in [0.5, 0.6) is 0 Å². The van der Waals surface area contributed by atoms with Crippen molar-refractivity contribution in [1.29, 1.82) is 0 Å². The molecule has 0 atom stereocenters. The average Bonchev–Trinajstić information content (AvgIpc) is 3.04. The van der Waals surface area contributed by atoms with Crippen LogP contribution in [0.2, 0.25) is 0 Å². The third kappa shape index (κ3) is 2.68. The molecule has 9 heteroatoms. The number of nitrogens with zero attached hydrogens (tertiary/aromatic N) is 4. The number of aromatic nitrogens is 3. The van der Waals surface area contributed by atoms with Crippen LogP contribution in [0.25, 0.3) is 11.0 Å². The van der Waals surface area contributed by atoms with Gasteiger partial charge in [-0.05, 0) is 28.1 Å². The number of fused-ring (bicyclic) bond motifs is 1. The van der Waals surface area contributed by atoms with E-state index in [0.29, 0.717) is 24.4 Å². The van der Waals surface area contributed by atoms with Gasteiger partial charge in [-0.1, -0.05) is 17.3 Å². The van der Waals surface area contributed by atoms with Gasteiger partial charge < -0.3 is 4.52 Å². The summed E-state index contributed by atoms with van der Waals surface area (Å²) in [7, 11) is -3.41. The first kappa shape index (κ1) is 14.9. The molecule has 0 aliphatic carbocycles. The van der Waals surface area contributed by atoms with Crippen LogP contribution in [0.15, 0.2) is 45.7 Å². The topological polar surface area (TPSA) is 81.2 Å². The minimum atomic E-state index is -3.41. The molecule has 1 fully saturated rings. The maximum Gasteiger partial charge on any atom is 0.220 e. The number of rotatable bonds is 4. The van der Waals surface area contributed by atoms with Gasteiger partial charge in [0.25, 0.3) is 0 Å². The Labute approximate surface area is 141 Å². The predicted molar refractivity (Wildman–Crippen MR) is 87.2 cm³/mol. The summed E-state index contributed by atoms with van der Waals surface area (Å²) in [6.45, 7) is 0.846. The summed E-state index contributed by atoms with van der Waals surface area (Å²) in [5, 5.41) is 8.83. The van der Waals surface area contributed by atoms with E-state index in [1.54, 1.807) is 16.9 Å². The largest absolute Gasteiger partial charge is 0.356 e. The van der Waals surface area contributed by atoms with Crippen molar-refractivity contribution < 1.29 is 12.9 Å². The molecule has 120 valence electrons. The van der Waals surface area contributed by atoms with Gasteiger partial charge in [0, 0.05) is 24.7 Å². The van der Waals surface area contributed by atoms with Crippen molar-refractivity contribution in [2.45, 2.75) is 11.8 Å². The van der Waals surface area contributed by atoms with Crippen LogP contribution < -0.4 is 0 Å². The van der Waals surface area contributed by atoms with Crippen LogP contribution in [0.1, 0.15) is 11.7 Å². The first-order chi connectivity index (χ1) is 11.0. The Morgan fingerprint density at radius 1 is 1.30 bits per heavy atom. The molecular formula is C14H13BrN4O3S. The fourth-order valence-corrected chi connectivity index (χ4v) is 4.47. The molecular weight excluding hydrogens is 384 g/mol. The summed E-state index contributed by atoms with van der Waals surface area (Å²) in [6.07, 6.45) is 3.54. The fourth-order valence-electron chi connectivity index (χ4n) is 2.63. The lowest BCUT2D eigenvalue weighted by atomic mass is 10.2. The lowest BCUT2D eigenvalue weighted by molar-refractivity contribution is 0.191. The van der Waals surface area contributed by atoms with Crippen molar-refractivity contribution >= 4 is 36.9 Å². The van der Waals surface area contributed by atoms with E-state index in [-0.39, 0.29) is 11.8 Å². The zero-order chi connectivity index (χ0) is 16.0. The van der Waals surface area contributed by atoms with Crippen molar-refractivity contribution in [2.75, 3.05) is 13.1 Å². The van der Waals surface area contributed by atoms with Gasteiger partial charge in [-0.25, -0.2) is 8.42 Å². The van der Waals surface area contributed by atoms with E-state index < -0.39 is 10.0 Å². The molecule has 0 radical (unpaired) electrons. The molecule has 4 rings (SSSR count). The molecule has 3 heterocycles. The second kappa shape index (κ2) is 5.43. The van der Waals surface area contributed by atoms with Crippen LogP contribution >= 0.6 is 15.9 Å². The average molecular weight is 397 g/mol. The Kier molecular flexibility index (Phi) is 3.51. The predicted octanol–water partition coefficient (Wildman–Crippen LogP) is 2.17. The highest BCUT2D eigenvalue weighted by Gasteiger charge is 2.37. The molecule has 0 N–H and O–H groups in total. The minimum absolute atomic E-state index is 0.0742. The summed E-state index contributed by atoms with van der Waals surface area (Å²) in [5.74, 6) is -0.153. The van der Waals surface area contributed by atoms with Crippen molar-refractivity contribution in [3.05, 3.63) is 46.8 Å². The monoisotopic (exact) mass is 396 g/mol. The van der Waals surface area contributed by atoms with Crippen LogP contribution in [-0.4, -0.2) is 40.7 Å². The first-order valence-electron chi connectivity index (χ1n) is 7.04. The molecule has 0 saturated carbocycles. The highest BCUT2D eigenvalue weighted by atomic mass is 79.9. The van der Waals surface area contributed by atoms with Crippen molar-refractivity contribution in [3.63, 3.8) is 0 Å². The molecule has 0 amide bonds. The highest BCUT2D eigenvalue weighted by Crippen LogP contribution is 2.28. The number of sulfonamides is 1. The summed E-state index contributed by atoms with van der Waals surface area (Å²) in [6, 6.07) is 7.33. The highest BCUT2D eigenvalue weighted by molar-refractivity contribution is 9.10. The third-order valence-electron chi connectivity index (χ3n) is 3.94. The van der Waals surface area contributed by atoms with E-state index in [2.05, 4.69) is 26.2 Å². The van der Waals surface area contributed by atoms with E-state index in [1.165, 1.54) is 4.31 Å². The zero-order valence-corrected chi connectivity index (χ0v) is 14.4. The maximum absolute atomic E-state index is 12.5. The smallest absolute Gasteiger partial charge is 0.220 e. The molecule has 0 unspecified atom stereocenters. The van der Waals surface area contributed by atoms with Gasteiger partial charge in [-0.3, -0.25) is 4.68 Å². The van der Waals surface area contributed by atoms with Gasteiger partial charge in [0.05, 0.1) is 16.7 Å². The second-order valence-electron chi connectivity index (χ2n) is 5.49. The van der Waals surface area contributed by atoms with Gasteiger partial charge in [-0.15, -0.1) is 0 Å². The van der Waals surface area contributed by atoms with Crippen molar-refractivity contribution in [2.24, 2.45) is 0 Å². The molecule has 1 aromatic carbocycles. The SMILES string of the molecule is O=S(=O)(Cc1noc2ccccc12)N1CC(n2cc(Br)cn2)C1. The van der Waals surface area contributed by atoms with Crippen molar-refractivity contribution in [1.82, 2.24) is 19.2 Å². The molecule has 1 aliphatic rings. The van der Waals surface area contributed by atoms with E-state index in [1.807, 2.05) is 24.4 Å². The van der Waals surface area contributed by atoms with Crippen LogP contribution in [0.4, 0.5) is 0 Å². The van der Waals surface area contributed by atoms with E-state index in [4.69, 9.17) is 4.52 Å². The van der Waals surface area contributed by atoms with Crippen molar-refractivity contribution in [3.8, 4) is 0 Å². The quantitative estimate of drug-likeness (QED) is 0.674. The number of para-hydroxylation sites is 1. The zero-order valence-electron chi connectivity index (χ0n) is 12.0. The van der Waals surface area contributed by atoms with Crippen LogP contribution in [-0.2, 0) is 15.8 Å². The minimum Gasteiger partial charge on any atom is -0.356 e. The summed E-state index contributed by atoms with van der Waals surface area (Å²) in [4.78, 5) is 0. The van der Waals surface area contributed by atoms with Gasteiger partial charge in [0.15, 0.2) is 5.58 Å². The maximum atomic E-state index is 12.5. The number of halogens is 1. The lowest BCUT2D eigenvalue weighted by Crippen LogP contribution is -2.51. The lowest BCUT2D eigenvalue weighted by Gasteiger charge is -2.37. The van der Waals surface area contributed by atoms with Crippen LogP contribution in [0.3, 0.4) is 0 Å². The molecule has 7 nitrogen and oxygen atoms in total. The Bertz CT molecular complexity index is 959. The Hall–Kier alpha value is -1.71. The summed E-state index contributed by atoms with van der Waals surface area (Å²) >= 11 is 3.34. The van der Waals surface area contributed by atoms with Gasteiger partial charge in [0.1, 0.15) is 11.4 Å². The second-order valence-corrected chi connectivity index (χ2v) is 8.38. The number of hydrogen-bond acceptors (Lipinski definition) is 5. The van der Waals surface area contributed by atoms with Crippen LogP contribution in [0, 0.1) is 0 Å². The molecule has 0 bridgehead atoms. The standard InChI is InChI=1S/C14H13BrN4O3S/c15-10-5-16-19(6-10)11-7-18(8-11)23(20,21)9-13-12-3-1-2-4-14(12)22-17-13/h1-6,11H,7-9H2. The molecule has 1 aliphatic heterocycles. The molecule has 1 saturated heterocycles. The Morgan fingerprint density at radius 3 is 2.83 bits per heavy atom. The molecule has 0 spiro atoms. The molecule has 3 aromatic rings. The molecule has 23 heavy (non-hydrogen) atoms. The first-order valence-corrected chi connectivity index (χ1v) is 9.44. The van der Waals surface area contributed by atoms with E-state index >= 15 is 0 Å². The van der Waals surface area contributed by atoms with Gasteiger partial charge in [-0.2, -0.15) is 9.40 Å². The number of hydrogen-bond donors (Lipinski definition) is 0. The fraction of sp³-hybridized carbons (Fsp3) is 0.286. The summed E-state index contributed by atoms with van der Waals surface area (Å²) in [5.41, 5.74) is 1.05. The third-order valence-corrected chi connectivity index (χ3v) is 6.07. The summed E-state index contributed by atoms with van der Waals surface area (Å²) < 4.78 is 34.3. The Morgan fingerprint density at radius 2 is 2.09 bits per heavy atom. The van der Waals surface area contributed by atoms with E-state index in [0.717, 1.165) is 9.86 Å².